The van der Waals surface area contributed by atoms with Crippen molar-refractivity contribution < 1.29 is 5.11 Å². The van der Waals surface area contributed by atoms with Gasteiger partial charge in [-0.25, -0.2) is 9.97 Å². The van der Waals surface area contributed by atoms with Crippen LogP contribution in [0.25, 0.3) is 11.2 Å². The van der Waals surface area contributed by atoms with Crippen molar-refractivity contribution in [1.82, 2.24) is 15.0 Å². The van der Waals surface area contributed by atoms with Gasteiger partial charge in [0.05, 0.1) is 11.6 Å². The molecule has 0 bridgehead atoms. The highest BCUT2D eigenvalue weighted by Gasteiger charge is 2.13. The predicted molar refractivity (Wildman–Crippen MR) is 77.4 cm³/mol. The number of phenolic OH excluding ortho intramolecular Hbond substituents is 1. The summed E-state index contributed by atoms with van der Waals surface area (Å²) in [5, 5.41) is 9.28. The van der Waals surface area contributed by atoms with Gasteiger partial charge in [-0.3, -0.25) is 0 Å². The van der Waals surface area contributed by atoms with Gasteiger partial charge in [-0.05, 0) is 42.7 Å². The molecule has 5 nitrogen and oxygen atoms in total. The lowest BCUT2D eigenvalue weighted by Gasteiger charge is -2.08. The monoisotopic (exact) mass is 268 g/mol. The molecule has 5 heteroatoms. The van der Waals surface area contributed by atoms with Crippen LogP contribution in [0.2, 0.25) is 0 Å². The number of nitrogens with zero attached hydrogens (tertiary/aromatic N) is 2. The van der Waals surface area contributed by atoms with E-state index in [1.54, 1.807) is 18.3 Å². The quantitative estimate of drug-likeness (QED) is 0.679. The molecule has 0 saturated carbocycles. The Hall–Kier alpha value is -2.40. The van der Waals surface area contributed by atoms with Crippen molar-refractivity contribution in [2.24, 2.45) is 5.73 Å². The Labute approximate surface area is 116 Å². The number of aryl methyl sites for hydroxylation is 1. The Balaban J connectivity index is 1.86. The summed E-state index contributed by atoms with van der Waals surface area (Å²) in [5.41, 5.74) is 9.98. The number of rotatable bonds is 3. The van der Waals surface area contributed by atoms with E-state index in [1.807, 2.05) is 25.1 Å². The van der Waals surface area contributed by atoms with Gasteiger partial charge in [-0.15, -0.1) is 0 Å². The van der Waals surface area contributed by atoms with Crippen molar-refractivity contribution in [3.63, 3.8) is 0 Å². The van der Waals surface area contributed by atoms with Crippen molar-refractivity contribution in [3.05, 3.63) is 53.5 Å². The lowest BCUT2D eigenvalue weighted by atomic mass is 10.1. The van der Waals surface area contributed by atoms with Gasteiger partial charge in [0.2, 0.25) is 0 Å². The summed E-state index contributed by atoms with van der Waals surface area (Å²) in [6.07, 6.45) is 2.40. The minimum atomic E-state index is -0.229. The van der Waals surface area contributed by atoms with Gasteiger partial charge in [0, 0.05) is 6.20 Å². The molecule has 1 aromatic carbocycles. The molecule has 0 spiro atoms. The van der Waals surface area contributed by atoms with Crippen molar-refractivity contribution in [1.29, 1.82) is 0 Å². The number of aromatic hydroxyl groups is 1. The van der Waals surface area contributed by atoms with E-state index >= 15 is 0 Å². The van der Waals surface area contributed by atoms with E-state index in [4.69, 9.17) is 5.73 Å². The second-order valence-corrected chi connectivity index (χ2v) is 4.93. The maximum atomic E-state index is 9.28. The Morgan fingerprint density at radius 2 is 2.00 bits per heavy atom. The van der Waals surface area contributed by atoms with E-state index in [0.717, 1.165) is 22.5 Å². The fourth-order valence-electron chi connectivity index (χ4n) is 2.21. The highest BCUT2D eigenvalue weighted by molar-refractivity contribution is 5.74. The summed E-state index contributed by atoms with van der Waals surface area (Å²) in [6.45, 7) is 2.01. The van der Waals surface area contributed by atoms with Crippen molar-refractivity contribution in [3.8, 4) is 5.75 Å². The van der Waals surface area contributed by atoms with E-state index in [0.29, 0.717) is 12.1 Å². The predicted octanol–water partition coefficient (Wildman–Crippen LogP) is 2.21. The van der Waals surface area contributed by atoms with Crippen LogP contribution in [0.5, 0.6) is 5.75 Å². The van der Waals surface area contributed by atoms with Crippen LogP contribution in [0.15, 0.2) is 36.5 Å². The average molecular weight is 268 g/mol. The maximum Gasteiger partial charge on any atom is 0.178 e. The highest BCUT2D eigenvalue weighted by Crippen LogP contribution is 2.19. The molecular formula is C15H16N4O. The van der Waals surface area contributed by atoms with Crippen LogP contribution >= 0.6 is 0 Å². The lowest BCUT2D eigenvalue weighted by Crippen LogP contribution is -2.14. The third-order valence-electron chi connectivity index (χ3n) is 3.36. The summed E-state index contributed by atoms with van der Waals surface area (Å²) < 4.78 is 0. The Kier molecular flexibility index (Phi) is 3.12. The molecule has 0 aliphatic heterocycles. The normalized spacial score (nSPS) is 12.7. The minimum Gasteiger partial charge on any atom is -0.508 e. The third kappa shape index (κ3) is 2.35. The number of phenols is 1. The first-order chi connectivity index (χ1) is 9.63. The largest absolute Gasteiger partial charge is 0.508 e. The molecule has 0 fully saturated rings. The fourth-order valence-corrected chi connectivity index (χ4v) is 2.21. The SMILES string of the molecule is Cc1ccnc2nc(C(N)Cc3ccc(O)cc3)[nH]c12. The molecule has 0 radical (unpaired) electrons. The van der Waals surface area contributed by atoms with Crippen LogP contribution in [0.4, 0.5) is 0 Å². The van der Waals surface area contributed by atoms with Crippen LogP contribution < -0.4 is 5.73 Å². The van der Waals surface area contributed by atoms with Crippen LogP contribution in [0.3, 0.4) is 0 Å². The Morgan fingerprint density at radius 1 is 1.25 bits per heavy atom. The molecule has 1 unspecified atom stereocenters. The van der Waals surface area contributed by atoms with Gasteiger partial charge >= 0.3 is 0 Å². The molecule has 102 valence electrons. The zero-order valence-electron chi connectivity index (χ0n) is 11.2. The number of hydrogen-bond donors (Lipinski definition) is 3. The topological polar surface area (TPSA) is 87.8 Å². The first-order valence-corrected chi connectivity index (χ1v) is 6.48. The van der Waals surface area contributed by atoms with Crippen LogP contribution in [-0.2, 0) is 6.42 Å². The Bertz CT molecular complexity index is 733. The molecule has 0 amide bonds. The van der Waals surface area contributed by atoms with Crippen molar-refractivity contribution in [2.45, 2.75) is 19.4 Å². The Morgan fingerprint density at radius 3 is 2.70 bits per heavy atom. The van der Waals surface area contributed by atoms with E-state index in [2.05, 4.69) is 15.0 Å². The summed E-state index contributed by atoms with van der Waals surface area (Å²) in [7, 11) is 0. The highest BCUT2D eigenvalue weighted by atomic mass is 16.3. The summed E-state index contributed by atoms with van der Waals surface area (Å²) in [6, 6.07) is 8.75. The standard InChI is InChI=1S/C15H16N4O/c1-9-6-7-17-15-13(9)18-14(19-15)12(16)8-10-2-4-11(20)5-3-10/h2-7,12,20H,8,16H2,1H3,(H,17,18,19). The zero-order chi connectivity index (χ0) is 14.1. The summed E-state index contributed by atoms with van der Waals surface area (Å²) >= 11 is 0. The van der Waals surface area contributed by atoms with E-state index < -0.39 is 0 Å². The zero-order valence-corrected chi connectivity index (χ0v) is 11.2. The first-order valence-electron chi connectivity index (χ1n) is 6.48. The molecule has 0 saturated heterocycles. The number of nitrogens with one attached hydrogen (secondary N) is 1. The first kappa shape index (κ1) is 12.6. The van der Waals surface area contributed by atoms with Gasteiger partial charge in [-0.1, -0.05) is 12.1 Å². The molecule has 4 N–H and O–H groups in total. The molecule has 3 aromatic rings. The molecule has 0 aliphatic rings. The van der Waals surface area contributed by atoms with Crippen LogP contribution in [0.1, 0.15) is 23.0 Å². The van der Waals surface area contributed by atoms with Crippen molar-refractivity contribution in [2.75, 3.05) is 0 Å². The summed E-state index contributed by atoms with van der Waals surface area (Å²) in [4.78, 5) is 11.9. The average Bonchev–Trinajstić information content (AvgIpc) is 2.87. The smallest absolute Gasteiger partial charge is 0.178 e. The second kappa shape index (κ2) is 4.94. The van der Waals surface area contributed by atoms with Gasteiger partial charge in [0.15, 0.2) is 5.65 Å². The maximum absolute atomic E-state index is 9.28. The number of H-pyrrole nitrogens is 1. The van der Waals surface area contributed by atoms with Gasteiger partial charge < -0.3 is 15.8 Å². The molecule has 20 heavy (non-hydrogen) atoms. The van der Waals surface area contributed by atoms with E-state index in [9.17, 15) is 5.11 Å². The number of aromatic nitrogens is 3. The molecule has 1 atom stereocenters. The van der Waals surface area contributed by atoms with Crippen LogP contribution in [-0.4, -0.2) is 20.1 Å². The van der Waals surface area contributed by atoms with E-state index in [-0.39, 0.29) is 11.8 Å². The van der Waals surface area contributed by atoms with E-state index in [1.165, 1.54) is 0 Å². The lowest BCUT2D eigenvalue weighted by molar-refractivity contribution is 0.475. The summed E-state index contributed by atoms with van der Waals surface area (Å²) in [5.74, 6) is 0.987. The second-order valence-electron chi connectivity index (χ2n) is 4.93. The number of imidazole rings is 1. The number of aromatic amines is 1. The van der Waals surface area contributed by atoms with Crippen LogP contribution in [0, 0.1) is 6.92 Å². The molecular weight excluding hydrogens is 252 g/mol. The van der Waals surface area contributed by atoms with Gasteiger partial charge in [-0.2, -0.15) is 0 Å². The molecule has 0 aliphatic carbocycles. The molecule has 2 aromatic heterocycles. The number of fused-ring (bicyclic) bond motifs is 1. The molecule has 3 rings (SSSR count). The number of hydrogen-bond acceptors (Lipinski definition) is 4. The minimum absolute atomic E-state index is 0.229. The third-order valence-corrected chi connectivity index (χ3v) is 3.36. The fraction of sp³-hybridized carbons (Fsp3) is 0.200. The molecule has 2 heterocycles. The number of nitrogens with two attached hydrogens (primary N) is 1. The van der Waals surface area contributed by atoms with Gasteiger partial charge in [0.25, 0.3) is 0 Å². The van der Waals surface area contributed by atoms with Crippen molar-refractivity contribution >= 4 is 11.2 Å². The number of pyridine rings is 1. The number of benzene rings is 1. The van der Waals surface area contributed by atoms with Gasteiger partial charge in [0.1, 0.15) is 11.6 Å².